The van der Waals surface area contributed by atoms with Gasteiger partial charge in [0.1, 0.15) is 5.75 Å². The number of aliphatic hydroxyl groups is 1. The minimum atomic E-state index is 0.696. The largest absolute Gasteiger partial charge is 0.493 e. The van der Waals surface area contributed by atoms with Crippen LogP contribution in [-0.4, -0.2) is 11.7 Å². The van der Waals surface area contributed by atoms with E-state index in [0.29, 0.717) is 6.61 Å². The van der Waals surface area contributed by atoms with E-state index in [1.165, 1.54) is 12.0 Å². The first kappa shape index (κ1) is 11.9. The monoisotopic (exact) mass is 229 g/mol. The molecule has 2 nitrogen and oxygen atoms in total. The van der Waals surface area contributed by atoms with Gasteiger partial charge >= 0.3 is 0 Å². The fourth-order valence-corrected chi connectivity index (χ4v) is 1.84. The Morgan fingerprint density at radius 3 is 2.71 bits per heavy atom. The molecule has 0 saturated heterocycles. The summed E-state index contributed by atoms with van der Waals surface area (Å²) in [5, 5.41) is 10.9. The minimum Gasteiger partial charge on any atom is -0.493 e. The zero-order valence-electron chi connectivity index (χ0n) is 9.80. The topological polar surface area (TPSA) is 29.5 Å². The van der Waals surface area contributed by atoms with Crippen LogP contribution in [0.1, 0.15) is 19.3 Å². The molecule has 0 unspecified atom stereocenters. The lowest BCUT2D eigenvalue weighted by Crippen LogP contribution is -1.97. The van der Waals surface area contributed by atoms with Crippen LogP contribution in [0.15, 0.2) is 42.5 Å². The van der Waals surface area contributed by atoms with Gasteiger partial charge in [0, 0.05) is 5.39 Å². The smallest absolute Gasteiger partial charge is 0.127 e. The summed E-state index contributed by atoms with van der Waals surface area (Å²) in [7, 11) is 0. The molecule has 0 amide bonds. The van der Waals surface area contributed by atoms with E-state index in [9.17, 15) is 0 Å². The normalized spacial score (nSPS) is 10.6. The number of aliphatic hydroxyl groups excluding tert-OH is 1. The summed E-state index contributed by atoms with van der Waals surface area (Å²) >= 11 is 0. The van der Waals surface area contributed by atoms with Crippen LogP contribution >= 0.6 is 0 Å². The number of hydrogen-bond donors (Lipinski definition) is 1. The third-order valence-electron chi connectivity index (χ3n) is 2.73. The highest BCUT2D eigenvalue weighted by molar-refractivity contribution is 5.88. The Hall–Kier alpha value is -1.54. The molecule has 0 aliphatic rings. The second-order valence-corrected chi connectivity index (χ2v) is 4.00. The zero-order valence-corrected chi connectivity index (χ0v) is 9.80. The average Bonchev–Trinajstić information content (AvgIpc) is 2.39. The Balaban J connectivity index is 1.98. The molecule has 17 heavy (non-hydrogen) atoms. The maximum atomic E-state index is 8.56. The molecule has 0 aliphatic carbocycles. The Morgan fingerprint density at radius 2 is 1.82 bits per heavy atom. The van der Waals surface area contributed by atoms with Gasteiger partial charge in [-0.2, -0.15) is 0 Å². The van der Waals surface area contributed by atoms with Gasteiger partial charge in [-0.3, -0.25) is 0 Å². The molecule has 1 N–H and O–H groups in total. The van der Waals surface area contributed by atoms with Crippen molar-refractivity contribution in [2.24, 2.45) is 0 Å². The number of ether oxygens (including phenoxy) is 1. The van der Waals surface area contributed by atoms with Gasteiger partial charge in [0.15, 0.2) is 0 Å². The van der Waals surface area contributed by atoms with Gasteiger partial charge in [-0.25, -0.2) is 0 Å². The summed E-state index contributed by atoms with van der Waals surface area (Å²) in [6, 6.07) is 14.3. The van der Waals surface area contributed by atoms with E-state index in [0.717, 1.165) is 30.4 Å². The molecule has 0 fully saturated rings. The molecule has 0 aliphatic heterocycles. The summed E-state index contributed by atoms with van der Waals surface area (Å²) in [5.41, 5.74) is 0. The molecule has 1 radical (unpaired) electrons. The van der Waals surface area contributed by atoms with Gasteiger partial charge in [-0.1, -0.05) is 36.4 Å². The Kier molecular flexibility index (Phi) is 4.39. The number of fused-ring (bicyclic) bond motifs is 1. The first-order valence-electron chi connectivity index (χ1n) is 5.98. The predicted octanol–water partition coefficient (Wildman–Crippen LogP) is 3.92. The van der Waals surface area contributed by atoms with Gasteiger partial charge in [0.2, 0.25) is 0 Å². The maximum Gasteiger partial charge on any atom is 0.127 e. The fourth-order valence-electron chi connectivity index (χ4n) is 1.84. The van der Waals surface area contributed by atoms with Gasteiger partial charge in [-0.15, -0.1) is 0 Å². The fraction of sp³-hybridized carbons (Fsp3) is 0.267. The van der Waals surface area contributed by atoms with E-state index in [-0.39, 0.29) is 0 Å². The van der Waals surface area contributed by atoms with Crippen LogP contribution < -0.4 is 4.74 Å². The first-order valence-corrected chi connectivity index (χ1v) is 5.98. The van der Waals surface area contributed by atoms with Gasteiger partial charge in [-0.05, 0) is 30.7 Å². The summed E-state index contributed by atoms with van der Waals surface area (Å²) in [6.07, 6.45) is 2.65. The summed E-state index contributed by atoms with van der Waals surface area (Å²) < 4.78 is 5.77. The van der Waals surface area contributed by atoms with Crippen LogP contribution in [0.4, 0.5) is 0 Å². The molecule has 0 heterocycles. The number of rotatable bonds is 6. The summed E-state index contributed by atoms with van der Waals surface area (Å²) in [6.45, 7) is 1.90. The van der Waals surface area contributed by atoms with Gasteiger partial charge in [0.05, 0.1) is 13.2 Å². The highest BCUT2D eigenvalue weighted by Gasteiger charge is 2.00. The van der Waals surface area contributed by atoms with Crippen molar-refractivity contribution < 1.29 is 9.84 Å². The lowest BCUT2D eigenvalue weighted by molar-refractivity contribution is 0.301. The molecular weight excluding hydrogens is 212 g/mol. The summed E-state index contributed by atoms with van der Waals surface area (Å²) in [5.74, 6) is 0.941. The lowest BCUT2D eigenvalue weighted by atomic mass is 10.1. The third-order valence-corrected chi connectivity index (χ3v) is 2.73. The maximum absolute atomic E-state index is 8.56. The molecule has 0 aromatic heterocycles. The predicted molar refractivity (Wildman–Crippen MR) is 69.5 cm³/mol. The number of hydrogen-bond acceptors (Lipinski definition) is 2. The SMILES string of the molecule is O[CH]CCCCOc1cccc2ccccc12. The lowest BCUT2D eigenvalue weighted by Gasteiger charge is -2.08. The van der Waals surface area contributed by atoms with Gasteiger partial charge < -0.3 is 9.84 Å². The Labute approximate surface area is 102 Å². The van der Waals surface area contributed by atoms with Crippen molar-refractivity contribution in [2.45, 2.75) is 19.3 Å². The van der Waals surface area contributed by atoms with E-state index in [1.54, 1.807) is 0 Å². The zero-order chi connectivity index (χ0) is 11.9. The van der Waals surface area contributed by atoms with E-state index < -0.39 is 0 Å². The standard InChI is InChI=1S/C15H17O2/c16-11-4-1-5-12-17-15-10-6-8-13-7-2-3-9-14(13)15/h2-3,6-11,16H,1,4-5,12H2. The molecule has 0 bridgehead atoms. The van der Waals surface area contributed by atoms with E-state index >= 15 is 0 Å². The second kappa shape index (κ2) is 6.26. The van der Waals surface area contributed by atoms with Crippen LogP contribution in [0.5, 0.6) is 5.75 Å². The molecule has 0 spiro atoms. The molecule has 0 saturated carbocycles. The van der Waals surface area contributed by atoms with E-state index in [2.05, 4.69) is 18.2 Å². The third kappa shape index (κ3) is 3.21. The van der Waals surface area contributed by atoms with Gasteiger partial charge in [0.25, 0.3) is 0 Å². The highest BCUT2D eigenvalue weighted by atomic mass is 16.5. The number of unbranched alkanes of at least 4 members (excludes halogenated alkanes) is 2. The summed E-state index contributed by atoms with van der Waals surface area (Å²) in [4.78, 5) is 0. The first-order chi connectivity index (χ1) is 8.42. The molecule has 2 aromatic rings. The van der Waals surface area contributed by atoms with Crippen molar-refractivity contribution in [3.05, 3.63) is 49.1 Å². The second-order valence-electron chi connectivity index (χ2n) is 4.00. The van der Waals surface area contributed by atoms with Crippen LogP contribution in [0, 0.1) is 6.61 Å². The average molecular weight is 229 g/mol. The van der Waals surface area contributed by atoms with Crippen LogP contribution in [0.2, 0.25) is 0 Å². The minimum absolute atomic E-state index is 0.696. The van der Waals surface area contributed by atoms with Crippen molar-refractivity contribution in [3.8, 4) is 5.75 Å². The van der Waals surface area contributed by atoms with Crippen molar-refractivity contribution in [1.29, 1.82) is 0 Å². The quantitative estimate of drug-likeness (QED) is 0.761. The van der Waals surface area contributed by atoms with Crippen LogP contribution in [0.25, 0.3) is 10.8 Å². The molecule has 89 valence electrons. The van der Waals surface area contributed by atoms with Crippen molar-refractivity contribution >= 4 is 10.8 Å². The van der Waals surface area contributed by atoms with Crippen molar-refractivity contribution in [1.82, 2.24) is 0 Å². The Morgan fingerprint density at radius 1 is 1.00 bits per heavy atom. The molecular formula is C15H17O2. The van der Waals surface area contributed by atoms with E-state index in [1.807, 2.05) is 24.3 Å². The highest BCUT2D eigenvalue weighted by Crippen LogP contribution is 2.25. The molecule has 2 rings (SSSR count). The van der Waals surface area contributed by atoms with Crippen LogP contribution in [0.3, 0.4) is 0 Å². The molecule has 2 heteroatoms. The van der Waals surface area contributed by atoms with E-state index in [4.69, 9.17) is 9.84 Å². The Bertz CT molecular complexity index is 460. The van der Waals surface area contributed by atoms with Crippen molar-refractivity contribution in [3.63, 3.8) is 0 Å². The van der Waals surface area contributed by atoms with Crippen molar-refractivity contribution in [2.75, 3.05) is 6.61 Å². The molecule has 0 atom stereocenters. The van der Waals surface area contributed by atoms with Crippen LogP contribution in [-0.2, 0) is 0 Å². The molecule has 2 aromatic carbocycles. The number of benzene rings is 2.